The molecule has 0 saturated heterocycles. The van der Waals surface area contributed by atoms with E-state index in [4.69, 9.17) is 9.72 Å². The van der Waals surface area contributed by atoms with Gasteiger partial charge in [-0.05, 0) is 67.1 Å². The third-order valence-electron chi connectivity index (χ3n) is 6.48. The van der Waals surface area contributed by atoms with Gasteiger partial charge in [0.05, 0.1) is 6.10 Å². The van der Waals surface area contributed by atoms with E-state index in [0.29, 0.717) is 12.5 Å². The van der Waals surface area contributed by atoms with Crippen molar-refractivity contribution in [3.63, 3.8) is 0 Å². The molecule has 3 nitrogen and oxygen atoms in total. The van der Waals surface area contributed by atoms with Crippen molar-refractivity contribution in [2.24, 2.45) is 11.3 Å². The van der Waals surface area contributed by atoms with Gasteiger partial charge in [0.15, 0.2) is 0 Å². The number of pyridine rings is 1. The predicted octanol–water partition coefficient (Wildman–Crippen LogP) is 6.84. The monoisotopic (exact) mass is 423 g/mol. The Hall–Kier alpha value is -1.71. The van der Waals surface area contributed by atoms with Gasteiger partial charge in [0.2, 0.25) is 0 Å². The van der Waals surface area contributed by atoms with E-state index in [1.165, 1.54) is 11.1 Å². The van der Waals surface area contributed by atoms with Crippen LogP contribution in [0.4, 0.5) is 0 Å². The number of aromatic nitrogens is 1. The molecule has 170 valence electrons. The predicted molar refractivity (Wildman–Crippen MR) is 129 cm³/mol. The number of aliphatic hydroxyl groups is 1. The Bertz CT molecular complexity index is 896. The molecule has 31 heavy (non-hydrogen) atoms. The Labute approximate surface area is 189 Å². The number of fused-ring (bicyclic) bond motifs is 1. The fourth-order valence-electron chi connectivity index (χ4n) is 5.11. The first-order chi connectivity index (χ1) is 14.5. The smallest absolute Gasteiger partial charge is 0.106 e. The molecule has 1 N–H and O–H groups in total. The fourth-order valence-corrected chi connectivity index (χ4v) is 5.11. The lowest BCUT2D eigenvalue weighted by molar-refractivity contribution is 0.0184. The molecule has 2 atom stereocenters. The van der Waals surface area contributed by atoms with Crippen molar-refractivity contribution in [3.05, 3.63) is 63.5 Å². The zero-order valence-corrected chi connectivity index (χ0v) is 20.7. The van der Waals surface area contributed by atoms with Gasteiger partial charge in [0.1, 0.15) is 6.10 Å². The highest BCUT2D eigenvalue weighted by atomic mass is 16.5. The van der Waals surface area contributed by atoms with E-state index in [9.17, 15) is 5.11 Å². The summed E-state index contributed by atoms with van der Waals surface area (Å²) in [6.45, 7) is 18.3. The molecule has 0 saturated carbocycles. The van der Waals surface area contributed by atoms with E-state index < -0.39 is 6.10 Å². The van der Waals surface area contributed by atoms with E-state index in [1.54, 1.807) is 0 Å². The molecule has 0 fully saturated rings. The minimum Gasteiger partial charge on any atom is -0.384 e. The normalized spacial score (nSPS) is 19.0. The minimum atomic E-state index is -0.680. The Kier molecular flexibility index (Phi) is 7.28. The number of hydrogen-bond donors (Lipinski definition) is 1. The van der Waals surface area contributed by atoms with Crippen LogP contribution in [0.2, 0.25) is 0 Å². The molecule has 2 aromatic rings. The minimum absolute atomic E-state index is 0.0387. The van der Waals surface area contributed by atoms with Crippen molar-refractivity contribution in [2.75, 3.05) is 6.61 Å². The Balaban J connectivity index is 2.10. The maximum absolute atomic E-state index is 11.5. The van der Waals surface area contributed by atoms with Gasteiger partial charge in [-0.15, -0.1) is 0 Å². The van der Waals surface area contributed by atoms with Crippen LogP contribution >= 0.6 is 0 Å². The highest BCUT2D eigenvalue weighted by Gasteiger charge is 2.37. The number of benzene rings is 1. The van der Waals surface area contributed by atoms with Crippen LogP contribution < -0.4 is 0 Å². The highest BCUT2D eigenvalue weighted by Crippen LogP contribution is 2.46. The molecular formula is C28H41NO2. The van der Waals surface area contributed by atoms with E-state index in [-0.39, 0.29) is 17.4 Å². The molecule has 0 spiro atoms. The standard InChI is InChI=1S/C28H41NO2/c1-9-31-23-16-28(7,8)15-22-24(23)19(6)25(26(29-22)18(4)5)27(30)21-12-10-20(11-13-21)14-17(2)3/h10-13,17-18,23,27,30H,9,14-16H2,1-8H3/t23?,27-/m0/s1. The van der Waals surface area contributed by atoms with Crippen LogP contribution in [-0.2, 0) is 17.6 Å². The maximum Gasteiger partial charge on any atom is 0.106 e. The number of nitrogens with zero attached hydrogens (tertiary/aromatic N) is 1. The van der Waals surface area contributed by atoms with Crippen LogP contribution in [0.25, 0.3) is 0 Å². The summed E-state index contributed by atoms with van der Waals surface area (Å²) in [4.78, 5) is 5.17. The van der Waals surface area contributed by atoms with Crippen molar-refractivity contribution in [1.82, 2.24) is 4.98 Å². The second kappa shape index (κ2) is 9.42. The third kappa shape index (κ3) is 5.21. The van der Waals surface area contributed by atoms with Gasteiger partial charge in [-0.3, -0.25) is 4.98 Å². The zero-order chi connectivity index (χ0) is 22.9. The fraction of sp³-hybridized carbons (Fsp3) is 0.607. The first-order valence-corrected chi connectivity index (χ1v) is 12.0. The van der Waals surface area contributed by atoms with Gasteiger partial charge in [-0.1, -0.05) is 65.8 Å². The number of ether oxygens (including phenoxy) is 1. The average molecular weight is 424 g/mol. The van der Waals surface area contributed by atoms with Gasteiger partial charge >= 0.3 is 0 Å². The molecule has 1 aliphatic carbocycles. The van der Waals surface area contributed by atoms with E-state index >= 15 is 0 Å². The number of hydrogen-bond acceptors (Lipinski definition) is 3. The van der Waals surface area contributed by atoms with Crippen LogP contribution in [0, 0.1) is 18.3 Å². The first kappa shape index (κ1) is 23.9. The maximum atomic E-state index is 11.5. The van der Waals surface area contributed by atoms with Crippen molar-refractivity contribution in [2.45, 2.75) is 92.8 Å². The summed E-state index contributed by atoms with van der Waals surface area (Å²) < 4.78 is 6.20. The largest absolute Gasteiger partial charge is 0.384 e. The summed E-state index contributed by atoms with van der Waals surface area (Å²) >= 11 is 0. The van der Waals surface area contributed by atoms with Crippen LogP contribution in [0.1, 0.15) is 112 Å². The van der Waals surface area contributed by atoms with Gasteiger partial charge < -0.3 is 9.84 Å². The molecule has 0 radical (unpaired) electrons. The summed E-state index contributed by atoms with van der Waals surface area (Å²) in [6.07, 6.45) is 2.35. The number of aliphatic hydroxyl groups excluding tert-OH is 1. The molecular weight excluding hydrogens is 382 g/mol. The highest BCUT2D eigenvalue weighted by molar-refractivity contribution is 5.48. The average Bonchev–Trinajstić information content (AvgIpc) is 2.66. The van der Waals surface area contributed by atoms with Crippen LogP contribution in [-0.4, -0.2) is 16.7 Å². The summed E-state index contributed by atoms with van der Waals surface area (Å²) in [6, 6.07) is 8.46. The van der Waals surface area contributed by atoms with Gasteiger partial charge in [0.25, 0.3) is 0 Å². The lowest BCUT2D eigenvalue weighted by Crippen LogP contribution is -2.30. The molecule has 3 rings (SSSR count). The second-order valence-electron chi connectivity index (χ2n) is 10.8. The molecule has 0 aliphatic heterocycles. The van der Waals surface area contributed by atoms with Gasteiger partial charge in [0, 0.05) is 29.1 Å². The summed E-state index contributed by atoms with van der Waals surface area (Å²) in [7, 11) is 0. The van der Waals surface area contributed by atoms with Crippen molar-refractivity contribution < 1.29 is 9.84 Å². The Morgan fingerprint density at radius 2 is 1.77 bits per heavy atom. The summed E-state index contributed by atoms with van der Waals surface area (Å²) in [5.41, 5.74) is 7.90. The lowest BCUT2D eigenvalue weighted by Gasteiger charge is -2.38. The van der Waals surface area contributed by atoms with Crippen LogP contribution in [0.5, 0.6) is 0 Å². The molecule has 1 unspecified atom stereocenters. The molecule has 0 amide bonds. The SMILES string of the molecule is CCOC1CC(C)(C)Cc2nc(C(C)C)c([C@@H](O)c3ccc(CC(C)C)cc3)c(C)c21. The Morgan fingerprint density at radius 1 is 1.13 bits per heavy atom. The van der Waals surface area contributed by atoms with Gasteiger partial charge in [-0.25, -0.2) is 0 Å². The molecule has 3 heteroatoms. The molecule has 1 aliphatic rings. The molecule has 1 heterocycles. The summed E-state index contributed by atoms with van der Waals surface area (Å²) in [5.74, 6) is 0.861. The Morgan fingerprint density at radius 3 is 2.32 bits per heavy atom. The lowest BCUT2D eigenvalue weighted by atomic mass is 9.72. The number of rotatable bonds is 7. The molecule has 1 aromatic carbocycles. The van der Waals surface area contributed by atoms with Crippen molar-refractivity contribution >= 4 is 0 Å². The van der Waals surface area contributed by atoms with Crippen LogP contribution in [0.15, 0.2) is 24.3 Å². The molecule has 0 bridgehead atoms. The van der Waals surface area contributed by atoms with E-state index in [1.807, 2.05) is 0 Å². The zero-order valence-electron chi connectivity index (χ0n) is 20.7. The van der Waals surface area contributed by atoms with Crippen molar-refractivity contribution in [3.8, 4) is 0 Å². The first-order valence-electron chi connectivity index (χ1n) is 12.0. The topological polar surface area (TPSA) is 42.4 Å². The quantitative estimate of drug-likeness (QED) is 0.530. The second-order valence-corrected chi connectivity index (χ2v) is 10.8. The van der Waals surface area contributed by atoms with Crippen molar-refractivity contribution in [1.29, 1.82) is 0 Å². The summed E-state index contributed by atoms with van der Waals surface area (Å²) in [5, 5.41) is 11.5. The van der Waals surface area contributed by atoms with Crippen LogP contribution in [0.3, 0.4) is 0 Å². The molecule has 1 aromatic heterocycles. The third-order valence-corrected chi connectivity index (χ3v) is 6.48. The van der Waals surface area contributed by atoms with E-state index in [0.717, 1.165) is 47.3 Å². The van der Waals surface area contributed by atoms with Gasteiger partial charge in [-0.2, -0.15) is 0 Å². The van der Waals surface area contributed by atoms with E-state index in [2.05, 4.69) is 79.7 Å².